The van der Waals surface area contributed by atoms with Gasteiger partial charge in [-0.1, -0.05) is 196 Å². The number of hydrogen-bond donors (Lipinski definition) is 0. The Balaban J connectivity index is 0.00000101. The van der Waals surface area contributed by atoms with E-state index in [1.165, 1.54) is 48.3 Å². The van der Waals surface area contributed by atoms with Gasteiger partial charge in [-0.2, -0.15) is 0 Å². The SMILES string of the molecule is [CH2-][Si](C)(C)C.[CH2-][Si](C)(C)C.[CH2-][Si](C)(C)C.[Hf].c1ccc(C[N-]C([N-]C2CCCCC2)P(c2ccccc2)c2ccccc2)cc1. The molecule has 0 heterocycles. The third kappa shape index (κ3) is 27.2. The van der Waals surface area contributed by atoms with Gasteiger partial charge in [-0.15, -0.1) is 36.8 Å². The summed E-state index contributed by atoms with van der Waals surface area (Å²) in [5.41, 5.74) is 1.26. The number of rotatable bonds is 8. The van der Waals surface area contributed by atoms with E-state index in [-0.39, 0.29) is 31.8 Å². The van der Waals surface area contributed by atoms with E-state index in [4.69, 9.17) is 10.6 Å². The van der Waals surface area contributed by atoms with Crippen LogP contribution in [0.5, 0.6) is 0 Å². The fourth-order valence-electron chi connectivity index (χ4n) is 3.98. The summed E-state index contributed by atoms with van der Waals surface area (Å²) in [5, 5.41) is 13.3. The second kappa shape index (κ2) is 23.0. The first-order valence-corrected chi connectivity index (χ1v) is 28.8. The zero-order valence-electron chi connectivity index (χ0n) is 30.0. The third-order valence-electron chi connectivity index (χ3n) is 5.50. The molecule has 1 unspecified atom stereocenters. The fourth-order valence-corrected chi connectivity index (χ4v) is 6.36. The van der Waals surface area contributed by atoms with Crippen molar-refractivity contribution in [2.45, 2.75) is 110 Å². The Kier molecular flexibility index (Phi) is 22.7. The minimum Gasteiger partial charge on any atom is -0.671 e. The van der Waals surface area contributed by atoms with E-state index in [2.05, 4.69) is 170 Å². The fraction of sp³-hybridized carbons (Fsp3) is 0.447. The normalized spacial score (nSPS) is 14.3. The van der Waals surface area contributed by atoms with Gasteiger partial charge in [0.1, 0.15) is 0 Å². The van der Waals surface area contributed by atoms with Gasteiger partial charge in [-0.05, 0) is 10.6 Å². The molecule has 0 radical (unpaired) electrons. The van der Waals surface area contributed by atoms with Crippen LogP contribution in [0.3, 0.4) is 0 Å². The molecule has 3 aromatic rings. The molecule has 1 aliphatic carbocycles. The van der Waals surface area contributed by atoms with Gasteiger partial charge in [0.2, 0.25) is 0 Å². The van der Waals surface area contributed by atoms with Gasteiger partial charge in [-0.25, -0.2) is 5.91 Å². The van der Waals surface area contributed by atoms with Crippen molar-refractivity contribution in [1.82, 2.24) is 0 Å². The average Bonchev–Trinajstić information content (AvgIpc) is 2.91. The van der Waals surface area contributed by atoms with E-state index in [1.807, 2.05) is 0 Å². The molecule has 0 aromatic heterocycles. The molecule has 250 valence electrons. The molecular formula is C38H62HfN2PSi3-5. The molecule has 0 aliphatic heterocycles. The van der Waals surface area contributed by atoms with Gasteiger partial charge < -0.3 is 30.3 Å². The van der Waals surface area contributed by atoms with Crippen molar-refractivity contribution in [3.8, 4) is 0 Å². The van der Waals surface area contributed by atoms with E-state index in [0.717, 1.165) is 6.54 Å². The van der Waals surface area contributed by atoms with Gasteiger partial charge in [0.05, 0.1) is 0 Å². The largest absolute Gasteiger partial charge is 0.671 e. The Bertz CT molecular complexity index is 1020. The Morgan fingerprint density at radius 3 is 1.29 bits per heavy atom. The predicted molar refractivity (Wildman–Crippen MR) is 213 cm³/mol. The topological polar surface area (TPSA) is 28.2 Å². The summed E-state index contributed by atoms with van der Waals surface area (Å²) in [6.45, 7) is 32.4. The number of benzene rings is 3. The summed E-state index contributed by atoms with van der Waals surface area (Å²) in [6, 6.07) is 32.8. The van der Waals surface area contributed by atoms with Crippen LogP contribution in [0.2, 0.25) is 58.9 Å². The van der Waals surface area contributed by atoms with E-state index in [1.54, 1.807) is 0 Å². The molecule has 0 amide bonds. The van der Waals surface area contributed by atoms with E-state index < -0.39 is 32.1 Å². The molecular weight excluding hydrogens is 778 g/mol. The van der Waals surface area contributed by atoms with E-state index >= 15 is 0 Å². The smallest absolute Gasteiger partial charge is 0 e. The van der Waals surface area contributed by atoms with Crippen LogP contribution in [0.4, 0.5) is 0 Å². The van der Waals surface area contributed by atoms with Gasteiger partial charge in [0.15, 0.2) is 0 Å². The van der Waals surface area contributed by atoms with Crippen LogP contribution in [0.25, 0.3) is 10.6 Å². The molecule has 1 fully saturated rings. The zero-order valence-corrected chi connectivity index (χ0v) is 37.5. The Morgan fingerprint density at radius 2 is 0.933 bits per heavy atom. The molecule has 1 atom stereocenters. The van der Waals surface area contributed by atoms with Gasteiger partial charge in [-0.3, -0.25) is 0 Å². The summed E-state index contributed by atoms with van der Waals surface area (Å²) in [7, 11) is -3.25. The van der Waals surface area contributed by atoms with Crippen molar-refractivity contribution >= 4 is 42.8 Å². The number of nitrogens with zero attached hydrogens (tertiary/aromatic N) is 2. The van der Waals surface area contributed by atoms with Crippen LogP contribution >= 0.6 is 7.92 Å². The molecule has 3 aromatic carbocycles. The van der Waals surface area contributed by atoms with E-state index in [0.29, 0.717) is 6.04 Å². The van der Waals surface area contributed by atoms with Gasteiger partial charge in [0, 0.05) is 25.8 Å². The van der Waals surface area contributed by atoms with Crippen molar-refractivity contribution in [2.75, 3.05) is 0 Å². The van der Waals surface area contributed by atoms with Crippen molar-refractivity contribution in [2.24, 2.45) is 0 Å². The molecule has 4 rings (SSSR count). The Morgan fingerprint density at radius 1 is 0.600 bits per heavy atom. The quantitative estimate of drug-likeness (QED) is 0.123. The van der Waals surface area contributed by atoms with E-state index in [9.17, 15) is 0 Å². The standard InChI is InChI=1S/C26H29N2P.3C4H11Si.Hf/c1-5-13-22(14-6-1)21-27-26(28-23-15-7-2-8-16-23)29(24-17-9-3-10-18-24)25-19-11-4-12-20-25;3*1-5(2,3)4;/h1,3-6,9-14,17-20,23,26H,2,7-8,15-16,21H2;3*1H2,2-4H3;/q-2;3*-1;. The minimum atomic E-state index is -0.861. The maximum atomic E-state index is 5.37. The first kappa shape index (κ1) is 44.5. The number of hydrogen-bond acceptors (Lipinski definition) is 0. The van der Waals surface area contributed by atoms with Crippen LogP contribution in [-0.4, -0.2) is 36.2 Å². The van der Waals surface area contributed by atoms with Crippen molar-refractivity contribution in [1.29, 1.82) is 0 Å². The molecule has 1 saturated carbocycles. The van der Waals surface area contributed by atoms with Crippen LogP contribution < -0.4 is 10.6 Å². The summed E-state index contributed by atoms with van der Waals surface area (Å²) in [4.78, 5) is 0. The molecule has 0 N–H and O–H groups in total. The minimum absolute atomic E-state index is 0. The second-order valence-corrected chi connectivity index (χ2v) is 32.9. The summed E-state index contributed by atoms with van der Waals surface area (Å²) in [5.74, 6) is -0.00175. The van der Waals surface area contributed by atoms with Crippen molar-refractivity contribution in [3.63, 3.8) is 0 Å². The Labute approximate surface area is 303 Å². The molecule has 1 aliphatic rings. The average molecular weight is 841 g/mol. The molecule has 7 heteroatoms. The molecule has 2 nitrogen and oxygen atoms in total. The monoisotopic (exact) mass is 841 g/mol. The third-order valence-corrected chi connectivity index (χ3v) is 7.97. The van der Waals surface area contributed by atoms with Crippen LogP contribution in [0.15, 0.2) is 91.0 Å². The summed E-state index contributed by atoms with van der Waals surface area (Å²) in [6.07, 6.45) is 6.38. The van der Waals surface area contributed by atoms with Crippen LogP contribution in [0, 0.1) is 19.6 Å². The maximum absolute atomic E-state index is 5.37. The molecule has 0 spiro atoms. The Hall–Kier alpha value is -0.469. The molecule has 45 heavy (non-hydrogen) atoms. The van der Waals surface area contributed by atoms with Crippen LogP contribution in [0.1, 0.15) is 37.7 Å². The maximum Gasteiger partial charge on any atom is 0 e. The van der Waals surface area contributed by atoms with Crippen molar-refractivity contribution < 1.29 is 25.8 Å². The molecule has 0 bridgehead atoms. The summed E-state index contributed by atoms with van der Waals surface area (Å²) < 4.78 is 0. The van der Waals surface area contributed by atoms with Crippen molar-refractivity contribution in [3.05, 3.63) is 127 Å². The van der Waals surface area contributed by atoms with Gasteiger partial charge in [0.25, 0.3) is 0 Å². The zero-order chi connectivity index (χ0) is 33.2. The predicted octanol–water partition coefficient (Wildman–Crippen LogP) is 11.8. The first-order valence-electron chi connectivity index (χ1n) is 16.3. The second-order valence-electron chi connectivity index (χ2n) is 15.3. The summed E-state index contributed by atoms with van der Waals surface area (Å²) >= 11 is 0. The van der Waals surface area contributed by atoms with Crippen LogP contribution in [-0.2, 0) is 32.4 Å². The molecule has 0 saturated heterocycles. The van der Waals surface area contributed by atoms with Gasteiger partial charge >= 0.3 is 0 Å². The first-order chi connectivity index (χ1) is 20.4.